The summed E-state index contributed by atoms with van der Waals surface area (Å²) < 4.78 is 45.3. The topological polar surface area (TPSA) is 160 Å². The normalized spacial score (nSPS) is 32.7. The van der Waals surface area contributed by atoms with Crippen LogP contribution in [0.5, 0.6) is 0 Å². The van der Waals surface area contributed by atoms with Crippen LogP contribution in [0.2, 0.25) is 0 Å². The maximum atomic E-state index is 14.0. The van der Waals surface area contributed by atoms with Crippen molar-refractivity contribution in [2.75, 3.05) is 12.3 Å². The van der Waals surface area contributed by atoms with E-state index in [1.54, 1.807) is 41.5 Å². The van der Waals surface area contributed by atoms with Crippen molar-refractivity contribution in [3.05, 3.63) is 18.2 Å². The number of hydrogen-bond acceptors (Lipinski definition) is 10. The third kappa shape index (κ3) is 4.98. The predicted octanol–water partition coefficient (Wildman–Crippen LogP) is 4.29. The van der Waals surface area contributed by atoms with Crippen molar-refractivity contribution < 1.29 is 41.8 Å². The maximum absolute atomic E-state index is 14.0. The van der Waals surface area contributed by atoms with Gasteiger partial charge < -0.3 is 19.5 Å². The molecule has 1 N–H and O–H groups in total. The summed E-state index contributed by atoms with van der Waals surface area (Å²) in [6.45, 7) is 14.1. The molecule has 0 aromatic carbocycles. The van der Waals surface area contributed by atoms with Gasteiger partial charge in [-0.3, -0.25) is 14.4 Å². The molecule has 1 saturated heterocycles. The van der Waals surface area contributed by atoms with Gasteiger partial charge in [0.15, 0.2) is 11.5 Å². The minimum atomic E-state index is -4.08. The number of nitrogens with zero attached hydrogens (tertiary/aromatic N) is 2. The fourth-order valence-electron chi connectivity index (χ4n) is 8.02. The molecule has 4 aliphatic rings. The van der Waals surface area contributed by atoms with Crippen LogP contribution in [0.25, 0.3) is 0 Å². The van der Waals surface area contributed by atoms with Crippen LogP contribution in [-0.4, -0.2) is 70.1 Å². The fourth-order valence-corrected chi connectivity index (χ4v) is 10.2. The van der Waals surface area contributed by atoms with Crippen molar-refractivity contribution >= 4 is 45.4 Å². The largest absolute Gasteiger partial charge is 0.458 e. The van der Waals surface area contributed by atoms with Crippen molar-refractivity contribution in [1.82, 2.24) is 14.3 Å². The number of aromatic nitrogens is 2. The summed E-state index contributed by atoms with van der Waals surface area (Å²) in [6.07, 6.45) is 2.50. The number of Topliss-reactive ketones (excluding diaryl/α,β-unsaturated/α-hetero) is 1. The Morgan fingerprint density at radius 1 is 1.16 bits per heavy atom. The summed E-state index contributed by atoms with van der Waals surface area (Å²) in [6, 6.07) is 0. The number of carbonyl (C=O) groups is 4. The molecule has 1 aromatic heterocycles. The molecule has 3 saturated carbocycles. The number of rotatable bonds is 9. The molecule has 1 amide bonds. The number of hydrogen-bond donors (Lipinski definition) is 1. The highest BCUT2D eigenvalue weighted by Gasteiger charge is 2.77. The summed E-state index contributed by atoms with van der Waals surface area (Å²) >= 11 is 6.74. The monoisotopic (exact) mass is 669 g/mol. The Hall–Kier alpha value is -2.67. The number of alkyl carbamates (subject to hydrolysis) is 1. The van der Waals surface area contributed by atoms with Gasteiger partial charge in [-0.2, -0.15) is 0 Å². The maximum Gasteiger partial charge on any atom is 0.407 e. The third-order valence-electron chi connectivity index (χ3n) is 11.5. The van der Waals surface area contributed by atoms with Gasteiger partial charge in [0.2, 0.25) is 10.0 Å². The number of ketones is 1. The van der Waals surface area contributed by atoms with Gasteiger partial charge in [0.05, 0.1) is 16.5 Å². The minimum Gasteiger partial charge on any atom is -0.458 e. The van der Waals surface area contributed by atoms with Crippen molar-refractivity contribution in [3.63, 3.8) is 0 Å². The Balaban J connectivity index is 1.43. The molecule has 5 rings (SSSR count). The van der Waals surface area contributed by atoms with Crippen LogP contribution in [-0.2, 0) is 38.6 Å². The lowest BCUT2D eigenvalue weighted by Gasteiger charge is -2.36. The number of halogens is 1. The van der Waals surface area contributed by atoms with Gasteiger partial charge in [0.25, 0.3) is 0 Å². The van der Waals surface area contributed by atoms with E-state index in [9.17, 15) is 27.6 Å². The fraction of sp³-hybridized carbons (Fsp3) is 0.774. The number of imidazole rings is 1. The lowest BCUT2D eigenvalue weighted by Crippen LogP contribution is -2.47. The van der Waals surface area contributed by atoms with Crippen molar-refractivity contribution in [2.45, 2.75) is 110 Å². The first-order valence-corrected chi connectivity index (χ1v) is 17.4. The second kappa shape index (κ2) is 10.4. The number of ether oxygens (including phenoxy) is 3. The van der Waals surface area contributed by atoms with E-state index in [0.717, 1.165) is 16.7 Å². The number of esters is 2. The van der Waals surface area contributed by atoms with Crippen molar-refractivity contribution in [1.29, 1.82) is 0 Å². The highest BCUT2D eigenvalue weighted by Crippen LogP contribution is 2.66. The van der Waals surface area contributed by atoms with Crippen LogP contribution >= 0.6 is 11.6 Å². The predicted molar refractivity (Wildman–Crippen MR) is 163 cm³/mol. The summed E-state index contributed by atoms with van der Waals surface area (Å²) in [5.74, 6) is -1.83. The quantitative estimate of drug-likeness (QED) is 0.174. The number of nitrogens with one attached hydrogen (secondary N) is 1. The average molecular weight is 670 g/mol. The molecule has 1 aliphatic heterocycles. The van der Waals surface area contributed by atoms with Crippen LogP contribution in [0, 0.1) is 27.6 Å². The molecule has 4 bridgehead atoms. The van der Waals surface area contributed by atoms with Crippen LogP contribution < -0.4 is 5.32 Å². The lowest BCUT2D eigenvalue weighted by molar-refractivity contribution is -0.175. The highest BCUT2D eigenvalue weighted by molar-refractivity contribution is 7.89. The molecule has 45 heavy (non-hydrogen) atoms. The Kier molecular flexibility index (Phi) is 7.80. The molecule has 0 unspecified atom stereocenters. The third-order valence-corrected chi connectivity index (χ3v) is 13.6. The van der Waals surface area contributed by atoms with Gasteiger partial charge in [0, 0.05) is 24.6 Å². The van der Waals surface area contributed by atoms with Crippen LogP contribution in [0.4, 0.5) is 4.79 Å². The number of alkyl halides is 1. The zero-order valence-electron chi connectivity index (χ0n) is 27.2. The number of carbonyl (C=O) groups excluding carboxylic acids is 4. The Labute approximate surface area is 269 Å². The molecule has 2 heterocycles. The summed E-state index contributed by atoms with van der Waals surface area (Å²) in [5, 5.41) is 1.41. The standard InChI is InChI=1S/C31H44ClN3O9S/c1-26(2,3)44-25(39)33-14-19(32)22(42-23(37)31-12-11-29(8,28(31,6)7)43-24(31)38)20-15-35(17-34-20)45(40,41)16-30-10-9-18(13-21(30)36)27(30,4)5/h15,17-19,22H,9-14,16H2,1-8H3,(H,33,39)/t18-,19-,22+,29-,30-,31+/m1/s1. The van der Waals surface area contributed by atoms with Gasteiger partial charge in [-0.05, 0) is 64.7 Å². The zero-order valence-corrected chi connectivity index (χ0v) is 28.8. The second-order valence-electron chi connectivity index (χ2n) is 15.4. The SMILES string of the molecule is CC(C)(C)OC(=O)NC[C@@H](Cl)[C@H](OC(=O)[C@@]12CC[C@@](C)(OC1=O)C2(C)C)c1cn(S(=O)(=O)C[C@]23CC[C@H](CC2=O)C3(C)C)cn1. The number of amides is 1. The minimum absolute atomic E-state index is 0.00181. The van der Waals surface area contributed by atoms with Crippen LogP contribution in [0.15, 0.2) is 12.5 Å². The molecule has 14 heteroatoms. The summed E-state index contributed by atoms with van der Waals surface area (Å²) in [5.41, 5.74) is -5.61. The van der Waals surface area contributed by atoms with E-state index in [2.05, 4.69) is 10.3 Å². The first kappa shape index (κ1) is 33.7. The summed E-state index contributed by atoms with van der Waals surface area (Å²) in [4.78, 5) is 56.8. The van der Waals surface area contributed by atoms with Gasteiger partial charge in [-0.25, -0.2) is 22.2 Å². The van der Waals surface area contributed by atoms with E-state index in [4.69, 9.17) is 25.8 Å². The van der Waals surface area contributed by atoms with Gasteiger partial charge in [-0.1, -0.05) is 27.7 Å². The Bertz CT molecular complexity index is 1550. The van der Waals surface area contributed by atoms with Gasteiger partial charge >= 0.3 is 18.0 Å². The van der Waals surface area contributed by atoms with E-state index in [1.165, 1.54) is 6.20 Å². The molecule has 1 aromatic rings. The second-order valence-corrected chi connectivity index (χ2v) is 17.9. The van der Waals surface area contributed by atoms with E-state index in [-0.39, 0.29) is 36.1 Å². The molecule has 3 aliphatic carbocycles. The first-order valence-electron chi connectivity index (χ1n) is 15.4. The molecule has 6 atom stereocenters. The van der Waals surface area contributed by atoms with Crippen molar-refractivity contribution in [3.8, 4) is 0 Å². The molecular weight excluding hydrogens is 626 g/mol. The Morgan fingerprint density at radius 2 is 1.82 bits per heavy atom. The smallest absolute Gasteiger partial charge is 0.407 e. The van der Waals surface area contributed by atoms with E-state index >= 15 is 0 Å². The van der Waals surface area contributed by atoms with Gasteiger partial charge in [-0.15, -0.1) is 11.6 Å². The van der Waals surface area contributed by atoms with Crippen molar-refractivity contribution in [2.24, 2.45) is 27.6 Å². The Morgan fingerprint density at radius 3 is 2.33 bits per heavy atom. The number of fused-ring (bicyclic) bond motifs is 4. The molecule has 0 spiro atoms. The van der Waals surface area contributed by atoms with E-state index < -0.39 is 72.4 Å². The summed E-state index contributed by atoms with van der Waals surface area (Å²) in [7, 11) is -4.08. The zero-order chi connectivity index (χ0) is 33.6. The van der Waals surface area contributed by atoms with Crippen LogP contribution in [0.3, 0.4) is 0 Å². The van der Waals surface area contributed by atoms with Gasteiger partial charge in [0.1, 0.15) is 29.0 Å². The van der Waals surface area contributed by atoms with E-state index in [1.807, 2.05) is 13.8 Å². The van der Waals surface area contributed by atoms with E-state index in [0.29, 0.717) is 19.3 Å². The first-order chi connectivity index (χ1) is 20.5. The molecule has 12 nitrogen and oxygen atoms in total. The molecular formula is C31H44ClN3O9S. The molecule has 4 fully saturated rings. The lowest BCUT2D eigenvalue weighted by atomic mass is 9.65. The molecule has 250 valence electrons. The average Bonchev–Trinajstić information content (AvgIpc) is 3.61. The highest BCUT2D eigenvalue weighted by atomic mass is 35.5. The van der Waals surface area contributed by atoms with Crippen LogP contribution in [0.1, 0.15) is 99.3 Å². The molecule has 0 radical (unpaired) electrons.